The van der Waals surface area contributed by atoms with Crippen LogP contribution in [0.3, 0.4) is 0 Å². The molecular weight excluding hydrogens is 270 g/mol. The number of halogens is 1. The number of nitrogens with zero attached hydrogens (tertiary/aromatic N) is 7. The Kier molecular flexibility index (Phi) is 2.00. The van der Waals surface area contributed by atoms with Gasteiger partial charge in [0.15, 0.2) is 11.0 Å². The zero-order valence-electron chi connectivity index (χ0n) is 9.23. The number of rotatable bonds is 1. The number of hydrogen-bond donors (Lipinski definition) is 0. The number of para-hydroxylation sites is 1. The van der Waals surface area contributed by atoms with Crippen LogP contribution in [-0.2, 0) is 0 Å². The summed E-state index contributed by atoms with van der Waals surface area (Å²) in [5, 5.41) is 15.4. The average molecular weight is 274 g/mol. The van der Waals surface area contributed by atoms with Gasteiger partial charge in [0, 0.05) is 0 Å². The number of benzene rings is 1. The Morgan fingerprint density at radius 2 is 1.84 bits per heavy atom. The first kappa shape index (κ1) is 10.3. The van der Waals surface area contributed by atoms with Crippen molar-refractivity contribution in [2.45, 2.75) is 0 Å². The lowest BCUT2D eigenvalue weighted by Crippen LogP contribution is -2.02. The molecule has 0 unspecified atom stereocenters. The minimum Gasteiger partial charge on any atom is -0.240 e. The molecule has 0 N–H and O–H groups in total. The summed E-state index contributed by atoms with van der Waals surface area (Å²) in [7, 11) is 0. The first-order valence-electron chi connectivity index (χ1n) is 5.29. The van der Waals surface area contributed by atoms with Gasteiger partial charge in [-0.05, 0) is 22.4 Å². The van der Waals surface area contributed by atoms with Gasteiger partial charge in [-0.3, -0.25) is 0 Å². The van der Waals surface area contributed by atoms with Gasteiger partial charge in [-0.1, -0.05) is 28.9 Å². The van der Waals surface area contributed by atoms with Crippen molar-refractivity contribution in [3.8, 4) is 5.82 Å². The summed E-state index contributed by atoms with van der Waals surface area (Å²) < 4.78 is 6.05. The molecule has 4 rings (SSSR count). The largest absolute Gasteiger partial charge is 0.245 e. The Labute approximate surface area is 110 Å². The highest BCUT2D eigenvalue weighted by Gasteiger charge is 2.15. The summed E-state index contributed by atoms with van der Waals surface area (Å²) in [4.78, 5) is 8.27. The molecule has 0 fully saturated rings. The predicted octanol–water partition coefficient (Wildman–Crippen LogP) is 1.40. The molecule has 0 radical (unpaired) electrons. The highest BCUT2D eigenvalue weighted by Crippen LogP contribution is 2.21. The lowest BCUT2D eigenvalue weighted by molar-refractivity contribution is 0.314. The van der Waals surface area contributed by atoms with Crippen LogP contribution in [-0.4, -0.2) is 35.3 Å². The zero-order chi connectivity index (χ0) is 12.8. The first-order chi connectivity index (χ1) is 9.33. The lowest BCUT2D eigenvalue weighted by Gasteiger charge is -2.01. The molecule has 92 valence electrons. The van der Waals surface area contributed by atoms with E-state index in [9.17, 15) is 0 Å². The van der Waals surface area contributed by atoms with E-state index in [-0.39, 0.29) is 16.4 Å². The molecule has 1 aromatic carbocycles. The Bertz CT molecular complexity index is 899. The maximum absolute atomic E-state index is 6.08. The van der Waals surface area contributed by atoms with Crippen molar-refractivity contribution in [3.63, 3.8) is 0 Å². The molecule has 19 heavy (non-hydrogen) atoms. The molecule has 0 bridgehead atoms. The molecule has 8 nitrogen and oxygen atoms in total. The summed E-state index contributed by atoms with van der Waals surface area (Å²) in [6, 6.07) is 7.45. The van der Waals surface area contributed by atoms with Crippen molar-refractivity contribution in [1.82, 2.24) is 35.3 Å². The minimum absolute atomic E-state index is 0.152. The van der Waals surface area contributed by atoms with E-state index >= 15 is 0 Å². The summed E-state index contributed by atoms with van der Waals surface area (Å²) in [6.07, 6.45) is 0. The van der Waals surface area contributed by atoms with Crippen LogP contribution in [0.5, 0.6) is 0 Å². The van der Waals surface area contributed by atoms with E-state index in [1.807, 2.05) is 24.3 Å². The van der Waals surface area contributed by atoms with Crippen LogP contribution in [0.25, 0.3) is 28.1 Å². The van der Waals surface area contributed by atoms with Gasteiger partial charge < -0.3 is 0 Å². The topological polar surface area (TPSA) is 95.4 Å². The lowest BCUT2D eigenvalue weighted by atomic mass is 10.3. The summed E-state index contributed by atoms with van der Waals surface area (Å²) in [5.74, 6) is 0.332. The Balaban J connectivity index is 2.05. The van der Waals surface area contributed by atoms with Crippen molar-refractivity contribution < 1.29 is 4.63 Å². The van der Waals surface area contributed by atoms with Crippen LogP contribution in [0, 0.1) is 0 Å². The average Bonchev–Trinajstić information content (AvgIpc) is 3.03. The monoisotopic (exact) mass is 273 g/mol. The molecule has 0 aliphatic carbocycles. The standard InChI is InChI=1S/C10H4ClN7O/c11-7-10(13-9-8(12-7)15-19-16-9)18-6-4-2-1-3-5(6)14-17-18/h1-4H. The molecule has 3 heterocycles. The van der Waals surface area contributed by atoms with E-state index in [1.54, 1.807) is 0 Å². The predicted molar refractivity (Wildman–Crippen MR) is 64.8 cm³/mol. The molecule has 0 atom stereocenters. The number of aromatic nitrogens is 7. The van der Waals surface area contributed by atoms with Gasteiger partial charge in [-0.15, -0.1) is 5.10 Å². The van der Waals surface area contributed by atoms with Crippen LogP contribution in [0.2, 0.25) is 5.15 Å². The van der Waals surface area contributed by atoms with Gasteiger partial charge in [0.25, 0.3) is 0 Å². The maximum atomic E-state index is 6.08. The van der Waals surface area contributed by atoms with Crippen LogP contribution >= 0.6 is 11.6 Å². The molecule has 0 saturated heterocycles. The van der Waals surface area contributed by atoms with E-state index < -0.39 is 0 Å². The fourth-order valence-electron chi connectivity index (χ4n) is 1.77. The molecular formula is C10H4ClN7O. The van der Waals surface area contributed by atoms with E-state index in [0.717, 1.165) is 11.0 Å². The summed E-state index contributed by atoms with van der Waals surface area (Å²) in [6.45, 7) is 0. The molecule has 0 aliphatic rings. The molecule has 0 spiro atoms. The van der Waals surface area contributed by atoms with E-state index in [4.69, 9.17) is 11.6 Å². The second-order valence-electron chi connectivity index (χ2n) is 3.74. The third-order valence-electron chi connectivity index (χ3n) is 2.61. The molecule has 0 saturated carbocycles. The Morgan fingerprint density at radius 3 is 2.74 bits per heavy atom. The second-order valence-corrected chi connectivity index (χ2v) is 4.10. The van der Waals surface area contributed by atoms with Gasteiger partial charge in [0.2, 0.25) is 11.3 Å². The molecule has 4 aromatic rings. The number of hydrogen-bond acceptors (Lipinski definition) is 7. The van der Waals surface area contributed by atoms with Gasteiger partial charge in [-0.25, -0.2) is 9.61 Å². The molecule has 3 aromatic heterocycles. The van der Waals surface area contributed by atoms with Crippen molar-refractivity contribution in [1.29, 1.82) is 0 Å². The minimum atomic E-state index is 0.152. The van der Waals surface area contributed by atoms with Crippen LogP contribution < -0.4 is 0 Å². The highest BCUT2D eigenvalue weighted by atomic mass is 35.5. The smallest absolute Gasteiger partial charge is 0.240 e. The van der Waals surface area contributed by atoms with E-state index in [0.29, 0.717) is 5.82 Å². The van der Waals surface area contributed by atoms with E-state index in [1.165, 1.54) is 4.68 Å². The molecule has 9 heteroatoms. The van der Waals surface area contributed by atoms with Gasteiger partial charge in [0.05, 0.1) is 5.52 Å². The normalized spacial score (nSPS) is 11.4. The third kappa shape index (κ3) is 1.47. The van der Waals surface area contributed by atoms with Crippen molar-refractivity contribution in [2.75, 3.05) is 0 Å². The fourth-order valence-corrected chi connectivity index (χ4v) is 1.97. The fraction of sp³-hybridized carbons (Fsp3) is 0. The highest BCUT2D eigenvalue weighted by molar-refractivity contribution is 6.31. The van der Waals surface area contributed by atoms with Crippen molar-refractivity contribution >= 4 is 33.9 Å². The molecule has 0 aliphatic heterocycles. The second kappa shape index (κ2) is 3.69. The van der Waals surface area contributed by atoms with Gasteiger partial charge >= 0.3 is 0 Å². The maximum Gasteiger partial charge on any atom is 0.245 e. The Hall–Kier alpha value is -2.61. The van der Waals surface area contributed by atoms with Crippen molar-refractivity contribution in [3.05, 3.63) is 29.4 Å². The van der Waals surface area contributed by atoms with Gasteiger partial charge in [-0.2, -0.15) is 9.67 Å². The quantitative estimate of drug-likeness (QED) is 0.517. The van der Waals surface area contributed by atoms with Crippen LogP contribution in [0.15, 0.2) is 28.9 Å². The summed E-state index contributed by atoms with van der Waals surface area (Å²) >= 11 is 6.08. The molecule has 0 amide bonds. The van der Waals surface area contributed by atoms with Gasteiger partial charge in [0.1, 0.15) is 5.52 Å². The zero-order valence-corrected chi connectivity index (χ0v) is 9.98. The van der Waals surface area contributed by atoms with Crippen LogP contribution in [0.1, 0.15) is 0 Å². The number of fused-ring (bicyclic) bond motifs is 2. The van der Waals surface area contributed by atoms with Crippen molar-refractivity contribution in [2.24, 2.45) is 0 Å². The van der Waals surface area contributed by atoms with E-state index in [2.05, 4.69) is 35.2 Å². The third-order valence-corrected chi connectivity index (χ3v) is 2.86. The first-order valence-corrected chi connectivity index (χ1v) is 5.67. The summed E-state index contributed by atoms with van der Waals surface area (Å²) in [5.41, 5.74) is 2.02. The SMILES string of the molecule is Clc1nc2nonc2nc1-n1nnc2ccccc21. The van der Waals surface area contributed by atoms with Crippen LogP contribution in [0.4, 0.5) is 0 Å². The Morgan fingerprint density at radius 1 is 1.05 bits per heavy atom.